The van der Waals surface area contributed by atoms with E-state index in [9.17, 15) is 4.39 Å². The van der Waals surface area contributed by atoms with Gasteiger partial charge < -0.3 is 5.11 Å². The van der Waals surface area contributed by atoms with Gasteiger partial charge in [0.25, 0.3) is 0 Å². The SMILES string of the molecule is OC(CF)c1ccc(Cl)cc1. The predicted molar refractivity (Wildman–Crippen MR) is 42.4 cm³/mol. The van der Waals surface area contributed by atoms with Crippen LogP contribution in [0.4, 0.5) is 4.39 Å². The molecule has 0 amide bonds. The summed E-state index contributed by atoms with van der Waals surface area (Å²) in [5, 5.41) is 9.59. The molecule has 1 aromatic rings. The Bertz CT molecular complexity index is 222. The Hall–Kier alpha value is -0.600. The van der Waals surface area contributed by atoms with Crippen molar-refractivity contribution < 1.29 is 9.50 Å². The van der Waals surface area contributed by atoms with Crippen LogP contribution in [0.5, 0.6) is 0 Å². The third-order valence-corrected chi connectivity index (χ3v) is 1.65. The number of hydrogen-bond acceptors (Lipinski definition) is 1. The largest absolute Gasteiger partial charge is 0.386 e. The van der Waals surface area contributed by atoms with E-state index < -0.39 is 12.8 Å². The van der Waals surface area contributed by atoms with Crippen LogP contribution in [0.3, 0.4) is 0 Å². The molecule has 0 aromatic heterocycles. The van der Waals surface area contributed by atoms with Gasteiger partial charge in [-0.2, -0.15) is 0 Å². The van der Waals surface area contributed by atoms with Gasteiger partial charge in [0.2, 0.25) is 0 Å². The molecule has 0 aliphatic rings. The Labute approximate surface area is 69.4 Å². The maximum Gasteiger partial charge on any atom is 0.119 e. The van der Waals surface area contributed by atoms with E-state index in [1.165, 1.54) is 0 Å². The molecule has 1 N–H and O–H groups in total. The number of rotatable bonds is 2. The van der Waals surface area contributed by atoms with Crippen molar-refractivity contribution >= 4 is 11.6 Å². The van der Waals surface area contributed by atoms with E-state index in [4.69, 9.17) is 16.7 Å². The minimum absolute atomic E-state index is 0.553. The summed E-state index contributed by atoms with van der Waals surface area (Å²) in [6, 6.07) is 6.45. The van der Waals surface area contributed by atoms with Crippen molar-refractivity contribution in [1.82, 2.24) is 0 Å². The molecule has 11 heavy (non-hydrogen) atoms. The van der Waals surface area contributed by atoms with Crippen molar-refractivity contribution in [2.75, 3.05) is 6.67 Å². The van der Waals surface area contributed by atoms with Crippen LogP contribution in [-0.4, -0.2) is 11.8 Å². The van der Waals surface area contributed by atoms with Crippen molar-refractivity contribution in [1.29, 1.82) is 0 Å². The van der Waals surface area contributed by atoms with Crippen LogP contribution in [0, 0.1) is 0 Å². The molecule has 1 unspecified atom stereocenters. The summed E-state index contributed by atoms with van der Waals surface area (Å²) < 4.78 is 11.9. The maximum atomic E-state index is 11.9. The number of aliphatic hydroxyl groups is 1. The molecule has 0 bridgehead atoms. The summed E-state index contributed by atoms with van der Waals surface area (Å²) in [5.74, 6) is 0. The third-order valence-electron chi connectivity index (χ3n) is 1.40. The molecule has 1 nitrogen and oxygen atoms in total. The van der Waals surface area contributed by atoms with Gasteiger partial charge in [-0.3, -0.25) is 0 Å². The number of hydrogen-bond donors (Lipinski definition) is 1. The number of benzene rings is 1. The van der Waals surface area contributed by atoms with E-state index in [2.05, 4.69) is 0 Å². The van der Waals surface area contributed by atoms with E-state index in [0.29, 0.717) is 10.6 Å². The Balaban J connectivity index is 2.81. The zero-order valence-electron chi connectivity index (χ0n) is 5.80. The van der Waals surface area contributed by atoms with Crippen LogP contribution in [0.15, 0.2) is 24.3 Å². The number of alkyl halides is 1. The second-order valence-corrected chi connectivity index (χ2v) is 2.66. The fourth-order valence-electron chi connectivity index (χ4n) is 0.774. The Morgan fingerprint density at radius 1 is 1.36 bits per heavy atom. The molecule has 3 heteroatoms. The van der Waals surface area contributed by atoms with Gasteiger partial charge in [0.15, 0.2) is 0 Å². The summed E-state index contributed by atoms with van der Waals surface area (Å²) in [4.78, 5) is 0. The summed E-state index contributed by atoms with van der Waals surface area (Å²) >= 11 is 5.58. The highest BCUT2D eigenvalue weighted by atomic mass is 35.5. The molecule has 0 saturated heterocycles. The molecule has 0 radical (unpaired) electrons. The monoisotopic (exact) mass is 174 g/mol. The first-order valence-electron chi connectivity index (χ1n) is 3.23. The predicted octanol–water partition coefficient (Wildman–Crippen LogP) is 2.34. The highest BCUT2D eigenvalue weighted by Gasteiger charge is 2.04. The highest BCUT2D eigenvalue weighted by molar-refractivity contribution is 6.30. The lowest BCUT2D eigenvalue weighted by Gasteiger charge is -2.04. The van der Waals surface area contributed by atoms with Crippen LogP contribution >= 0.6 is 11.6 Å². The summed E-state index contributed by atoms with van der Waals surface area (Å²) in [6.07, 6.45) is -1.02. The molecule has 1 atom stereocenters. The maximum absolute atomic E-state index is 11.9. The second kappa shape index (κ2) is 3.69. The molecule has 60 valence electrons. The molecular formula is C8H8ClFO. The minimum atomic E-state index is -1.02. The molecule has 0 aliphatic heterocycles. The van der Waals surface area contributed by atoms with Gasteiger partial charge in [-0.05, 0) is 17.7 Å². The second-order valence-electron chi connectivity index (χ2n) is 2.22. The van der Waals surface area contributed by atoms with Crippen LogP contribution in [0.25, 0.3) is 0 Å². The average molecular weight is 175 g/mol. The Morgan fingerprint density at radius 2 is 1.91 bits per heavy atom. The average Bonchev–Trinajstić information content (AvgIpc) is 2.05. The molecule has 0 saturated carbocycles. The van der Waals surface area contributed by atoms with Crippen LogP contribution < -0.4 is 0 Å². The van der Waals surface area contributed by atoms with Crippen LogP contribution in [0.2, 0.25) is 5.02 Å². The van der Waals surface area contributed by atoms with E-state index in [1.54, 1.807) is 24.3 Å². The zero-order chi connectivity index (χ0) is 8.27. The zero-order valence-corrected chi connectivity index (χ0v) is 6.55. The minimum Gasteiger partial charge on any atom is -0.386 e. The lowest BCUT2D eigenvalue weighted by Crippen LogP contribution is -1.97. The third kappa shape index (κ3) is 2.17. The van der Waals surface area contributed by atoms with Gasteiger partial charge in [0.05, 0.1) is 0 Å². The molecule has 0 heterocycles. The van der Waals surface area contributed by atoms with Gasteiger partial charge in [0, 0.05) is 5.02 Å². The van der Waals surface area contributed by atoms with E-state index in [-0.39, 0.29) is 0 Å². The first-order chi connectivity index (χ1) is 5.24. The molecular weight excluding hydrogens is 167 g/mol. The number of aliphatic hydroxyl groups excluding tert-OH is 1. The highest BCUT2D eigenvalue weighted by Crippen LogP contribution is 2.16. The first-order valence-corrected chi connectivity index (χ1v) is 3.61. The first kappa shape index (κ1) is 8.50. The Morgan fingerprint density at radius 3 is 2.36 bits per heavy atom. The van der Waals surface area contributed by atoms with Crippen LogP contribution in [0.1, 0.15) is 11.7 Å². The summed E-state index contributed by atoms with van der Waals surface area (Å²) in [5.41, 5.74) is 0.553. The topological polar surface area (TPSA) is 20.2 Å². The smallest absolute Gasteiger partial charge is 0.119 e. The van der Waals surface area contributed by atoms with Crippen molar-refractivity contribution in [3.63, 3.8) is 0 Å². The van der Waals surface area contributed by atoms with Crippen molar-refractivity contribution in [2.24, 2.45) is 0 Å². The van der Waals surface area contributed by atoms with E-state index in [0.717, 1.165) is 0 Å². The van der Waals surface area contributed by atoms with Gasteiger partial charge in [0.1, 0.15) is 12.8 Å². The molecule has 0 aliphatic carbocycles. The van der Waals surface area contributed by atoms with Gasteiger partial charge in [-0.1, -0.05) is 23.7 Å². The van der Waals surface area contributed by atoms with Crippen LogP contribution in [-0.2, 0) is 0 Å². The molecule has 0 fully saturated rings. The lowest BCUT2D eigenvalue weighted by molar-refractivity contribution is 0.142. The van der Waals surface area contributed by atoms with E-state index in [1.807, 2.05) is 0 Å². The molecule has 1 aromatic carbocycles. The van der Waals surface area contributed by atoms with Crippen molar-refractivity contribution in [2.45, 2.75) is 6.10 Å². The van der Waals surface area contributed by atoms with Crippen molar-refractivity contribution in [3.05, 3.63) is 34.9 Å². The molecule has 1 rings (SSSR count). The fraction of sp³-hybridized carbons (Fsp3) is 0.250. The van der Waals surface area contributed by atoms with Gasteiger partial charge >= 0.3 is 0 Å². The summed E-state index contributed by atoms with van der Waals surface area (Å²) in [7, 11) is 0. The normalized spacial score (nSPS) is 13.0. The fourth-order valence-corrected chi connectivity index (χ4v) is 0.900. The number of halogens is 2. The van der Waals surface area contributed by atoms with Crippen molar-refractivity contribution in [3.8, 4) is 0 Å². The van der Waals surface area contributed by atoms with E-state index >= 15 is 0 Å². The molecule has 0 spiro atoms. The quantitative estimate of drug-likeness (QED) is 0.730. The Kier molecular flexibility index (Phi) is 2.85. The van der Waals surface area contributed by atoms with Gasteiger partial charge in [-0.15, -0.1) is 0 Å². The lowest BCUT2D eigenvalue weighted by atomic mass is 10.1. The summed E-state index contributed by atoms with van der Waals surface area (Å²) in [6.45, 7) is -0.762. The van der Waals surface area contributed by atoms with Gasteiger partial charge in [-0.25, -0.2) is 4.39 Å². The standard InChI is InChI=1S/C8H8ClFO/c9-7-3-1-6(2-4-7)8(11)5-10/h1-4,8,11H,5H2.